The summed E-state index contributed by atoms with van der Waals surface area (Å²) in [5.74, 6) is -0.159. The molecule has 94 valence electrons. The number of nitrogens with zero attached hydrogens (tertiary/aromatic N) is 1. The van der Waals surface area contributed by atoms with E-state index >= 15 is 0 Å². The van der Waals surface area contributed by atoms with E-state index in [4.69, 9.17) is 5.73 Å². The van der Waals surface area contributed by atoms with Gasteiger partial charge in [-0.3, -0.25) is 4.79 Å². The number of aromatic amines is 1. The first-order chi connectivity index (χ1) is 8.77. The molecule has 0 saturated heterocycles. The lowest BCUT2D eigenvalue weighted by Crippen LogP contribution is -2.27. The molecule has 0 bridgehead atoms. The molecule has 5 heteroatoms. The van der Waals surface area contributed by atoms with Gasteiger partial charge in [-0.25, -0.2) is 4.98 Å². The average Bonchev–Trinajstić information content (AvgIpc) is 2.93. The maximum Gasteiger partial charge on any atom is 0.269 e. The summed E-state index contributed by atoms with van der Waals surface area (Å²) < 4.78 is 0. The molecule has 0 fully saturated rings. The third kappa shape index (κ3) is 3.18. The first-order valence-electron chi connectivity index (χ1n) is 5.84. The summed E-state index contributed by atoms with van der Waals surface area (Å²) in [6.07, 6.45) is 3.67. The van der Waals surface area contributed by atoms with Gasteiger partial charge in [-0.1, -0.05) is 30.3 Å². The van der Waals surface area contributed by atoms with Crippen molar-refractivity contribution in [2.75, 3.05) is 6.54 Å². The van der Waals surface area contributed by atoms with E-state index < -0.39 is 0 Å². The van der Waals surface area contributed by atoms with Crippen molar-refractivity contribution in [2.24, 2.45) is 5.73 Å². The van der Waals surface area contributed by atoms with Crippen LogP contribution in [0.25, 0.3) is 0 Å². The van der Waals surface area contributed by atoms with Crippen LogP contribution in [0.1, 0.15) is 28.5 Å². The summed E-state index contributed by atoms with van der Waals surface area (Å²) >= 11 is 0. The molecule has 18 heavy (non-hydrogen) atoms. The molecule has 0 saturated carbocycles. The molecule has 1 atom stereocenters. The van der Waals surface area contributed by atoms with Gasteiger partial charge in [-0.2, -0.15) is 0 Å². The zero-order chi connectivity index (χ0) is 12.8. The second kappa shape index (κ2) is 5.97. The Kier molecular flexibility index (Phi) is 4.09. The number of H-pyrrole nitrogens is 1. The fourth-order valence-corrected chi connectivity index (χ4v) is 1.68. The molecule has 5 nitrogen and oxygen atoms in total. The Morgan fingerprint density at radius 3 is 2.83 bits per heavy atom. The molecule has 1 heterocycles. The molecule has 0 aliphatic carbocycles. The Labute approximate surface area is 105 Å². The zero-order valence-corrected chi connectivity index (χ0v) is 9.97. The lowest BCUT2D eigenvalue weighted by atomic mass is 10.1. The Morgan fingerprint density at radius 2 is 2.17 bits per heavy atom. The summed E-state index contributed by atoms with van der Waals surface area (Å²) in [6.45, 7) is 0.536. The van der Waals surface area contributed by atoms with Crippen LogP contribution in [0.15, 0.2) is 42.9 Å². The van der Waals surface area contributed by atoms with Crippen LogP contribution in [0.3, 0.4) is 0 Å². The zero-order valence-electron chi connectivity index (χ0n) is 9.97. The topological polar surface area (TPSA) is 83.8 Å². The molecule has 0 aliphatic rings. The molecule has 1 aromatic carbocycles. The molecule has 1 unspecified atom stereocenters. The minimum Gasteiger partial charge on any atom is -0.351 e. The number of aromatic nitrogens is 2. The highest BCUT2D eigenvalue weighted by Gasteiger charge is 2.08. The Balaban J connectivity index is 1.77. The third-order valence-corrected chi connectivity index (χ3v) is 2.71. The van der Waals surface area contributed by atoms with E-state index in [-0.39, 0.29) is 11.9 Å². The summed E-state index contributed by atoms with van der Waals surface area (Å²) in [5.41, 5.74) is 7.57. The van der Waals surface area contributed by atoms with Gasteiger partial charge in [0.1, 0.15) is 5.69 Å². The van der Waals surface area contributed by atoms with Gasteiger partial charge in [0.15, 0.2) is 0 Å². The number of imidazole rings is 1. The van der Waals surface area contributed by atoms with Crippen LogP contribution in [0.2, 0.25) is 0 Å². The summed E-state index contributed by atoms with van der Waals surface area (Å²) in [5, 5.41) is 2.80. The largest absolute Gasteiger partial charge is 0.351 e. The number of nitrogens with two attached hydrogens (primary N) is 1. The van der Waals surface area contributed by atoms with Crippen LogP contribution in [0.5, 0.6) is 0 Å². The fraction of sp³-hybridized carbons (Fsp3) is 0.231. The first kappa shape index (κ1) is 12.3. The van der Waals surface area contributed by atoms with Gasteiger partial charge in [-0.05, 0) is 12.0 Å². The van der Waals surface area contributed by atoms with Crippen LogP contribution < -0.4 is 11.1 Å². The van der Waals surface area contributed by atoms with Gasteiger partial charge in [-0.15, -0.1) is 0 Å². The van der Waals surface area contributed by atoms with Crippen molar-refractivity contribution in [1.29, 1.82) is 0 Å². The highest BCUT2D eigenvalue weighted by Crippen LogP contribution is 2.12. The number of nitrogens with one attached hydrogen (secondary N) is 2. The highest BCUT2D eigenvalue weighted by molar-refractivity contribution is 5.91. The predicted molar refractivity (Wildman–Crippen MR) is 68.9 cm³/mol. The van der Waals surface area contributed by atoms with Gasteiger partial charge in [0.2, 0.25) is 0 Å². The SMILES string of the molecule is NC(CCNC(=O)c1cnc[nH]1)c1ccccc1. The molecule has 1 amide bonds. The highest BCUT2D eigenvalue weighted by atomic mass is 16.1. The van der Waals surface area contributed by atoms with E-state index in [2.05, 4.69) is 15.3 Å². The second-order valence-electron chi connectivity index (χ2n) is 4.03. The monoisotopic (exact) mass is 244 g/mol. The van der Waals surface area contributed by atoms with Crippen LogP contribution in [-0.2, 0) is 0 Å². The second-order valence-corrected chi connectivity index (χ2v) is 4.03. The van der Waals surface area contributed by atoms with Gasteiger partial charge < -0.3 is 16.0 Å². The maximum absolute atomic E-state index is 11.6. The van der Waals surface area contributed by atoms with Crippen LogP contribution >= 0.6 is 0 Å². The first-order valence-corrected chi connectivity index (χ1v) is 5.84. The van der Waals surface area contributed by atoms with E-state index in [0.29, 0.717) is 18.7 Å². The molecule has 4 N–H and O–H groups in total. The lowest BCUT2D eigenvalue weighted by Gasteiger charge is -2.12. The number of rotatable bonds is 5. The van der Waals surface area contributed by atoms with Crippen molar-refractivity contribution in [2.45, 2.75) is 12.5 Å². The summed E-state index contributed by atoms with van der Waals surface area (Å²) in [7, 11) is 0. The normalized spacial score (nSPS) is 12.1. The van der Waals surface area contributed by atoms with Gasteiger partial charge in [0, 0.05) is 12.6 Å². The van der Waals surface area contributed by atoms with Crippen LogP contribution in [0, 0.1) is 0 Å². The Morgan fingerprint density at radius 1 is 1.39 bits per heavy atom. The maximum atomic E-state index is 11.6. The van der Waals surface area contributed by atoms with E-state index in [1.807, 2.05) is 30.3 Å². The summed E-state index contributed by atoms with van der Waals surface area (Å²) in [4.78, 5) is 18.1. The van der Waals surface area contributed by atoms with Crippen molar-refractivity contribution >= 4 is 5.91 Å². The molecule has 0 spiro atoms. The molecular formula is C13H16N4O. The number of benzene rings is 1. The van der Waals surface area contributed by atoms with Gasteiger partial charge >= 0.3 is 0 Å². The van der Waals surface area contributed by atoms with Gasteiger partial charge in [0.05, 0.1) is 12.5 Å². The van der Waals surface area contributed by atoms with Crippen molar-refractivity contribution in [3.05, 3.63) is 54.1 Å². The van der Waals surface area contributed by atoms with Crippen molar-refractivity contribution in [1.82, 2.24) is 15.3 Å². The minimum atomic E-state index is -0.159. The van der Waals surface area contributed by atoms with E-state index in [0.717, 1.165) is 5.56 Å². The number of carbonyl (C=O) groups excluding carboxylic acids is 1. The molecule has 2 rings (SSSR count). The Hall–Kier alpha value is -2.14. The minimum absolute atomic E-state index is 0.0618. The standard InChI is InChI=1S/C13H16N4O/c14-11(10-4-2-1-3-5-10)6-7-16-13(18)12-8-15-9-17-12/h1-5,8-9,11H,6-7,14H2,(H,15,17)(H,16,18). The van der Waals surface area contributed by atoms with E-state index in [1.165, 1.54) is 12.5 Å². The van der Waals surface area contributed by atoms with Crippen molar-refractivity contribution < 1.29 is 4.79 Å². The number of hydrogen-bond acceptors (Lipinski definition) is 3. The number of amides is 1. The smallest absolute Gasteiger partial charge is 0.269 e. The molecule has 0 aliphatic heterocycles. The van der Waals surface area contributed by atoms with Crippen molar-refractivity contribution in [3.63, 3.8) is 0 Å². The predicted octanol–water partition coefficient (Wildman–Crippen LogP) is 1.23. The fourth-order valence-electron chi connectivity index (χ4n) is 1.68. The number of carbonyl (C=O) groups is 1. The van der Waals surface area contributed by atoms with E-state index in [1.54, 1.807) is 0 Å². The molecular weight excluding hydrogens is 228 g/mol. The molecule has 2 aromatic rings. The van der Waals surface area contributed by atoms with E-state index in [9.17, 15) is 4.79 Å². The van der Waals surface area contributed by atoms with Crippen LogP contribution in [0.4, 0.5) is 0 Å². The third-order valence-electron chi connectivity index (χ3n) is 2.71. The van der Waals surface area contributed by atoms with Crippen LogP contribution in [-0.4, -0.2) is 22.4 Å². The number of hydrogen-bond donors (Lipinski definition) is 3. The summed E-state index contributed by atoms with van der Waals surface area (Å²) in [6, 6.07) is 9.78. The van der Waals surface area contributed by atoms with Crippen molar-refractivity contribution in [3.8, 4) is 0 Å². The molecule has 0 radical (unpaired) electrons. The molecule has 1 aromatic heterocycles. The lowest BCUT2D eigenvalue weighted by molar-refractivity contribution is 0.0948. The average molecular weight is 244 g/mol. The Bertz CT molecular complexity index is 481. The quantitative estimate of drug-likeness (QED) is 0.739. The van der Waals surface area contributed by atoms with Gasteiger partial charge in [0.25, 0.3) is 5.91 Å².